The second-order valence-corrected chi connectivity index (χ2v) is 9.99. The van der Waals surface area contributed by atoms with Gasteiger partial charge in [0, 0.05) is 0 Å². The summed E-state index contributed by atoms with van der Waals surface area (Å²) in [5.74, 6) is -2.02. The molecule has 0 aromatic rings. The van der Waals surface area contributed by atoms with Crippen molar-refractivity contribution in [3.05, 3.63) is 0 Å². The van der Waals surface area contributed by atoms with Crippen molar-refractivity contribution in [3.8, 4) is 0 Å². The molecule has 6 N–H and O–H groups in total. The number of carboxylic acids is 2. The maximum atomic E-state index is 10.3. The van der Waals surface area contributed by atoms with Gasteiger partial charge in [0.25, 0.3) is 0 Å². The normalized spacial score (nSPS) is 14.7. The van der Waals surface area contributed by atoms with Gasteiger partial charge < -0.3 is 0 Å². The standard InChI is InChI=1S/C6H12N2O4Se2/c7-3(5(9)10)1-13-14-2-4(8)6(11)12/h3-4H,1-2,7-8H2,(H,9,10)(H,11,12)/t3-,4-/m0/s1/i13-2. The van der Waals surface area contributed by atoms with Gasteiger partial charge in [-0.2, -0.15) is 0 Å². The van der Waals surface area contributed by atoms with Crippen LogP contribution in [0.15, 0.2) is 0 Å². The molecule has 0 aromatic heterocycles. The fraction of sp³-hybridized carbons (Fsp3) is 0.667. The van der Waals surface area contributed by atoms with Crippen LogP contribution in [-0.4, -0.2) is 60.5 Å². The molecule has 0 aliphatic rings. The van der Waals surface area contributed by atoms with E-state index in [1.54, 1.807) is 0 Å². The molecule has 0 saturated heterocycles. The Morgan fingerprint density at radius 1 is 1.21 bits per heavy atom. The van der Waals surface area contributed by atoms with Gasteiger partial charge >= 0.3 is 92.2 Å². The molecule has 0 spiro atoms. The summed E-state index contributed by atoms with van der Waals surface area (Å²) in [4.78, 5) is 20.6. The fourth-order valence-corrected chi connectivity index (χ4v) is 7.30. The molecule has 6 nitrogen and oxygen atoms in total. The average molecular weight is 332 g/mol. The summed E-state index contributed by atoms with van der Waals surface area (Å²) < 4.78 is 0. The van der Waals surface area contributed by atoms with Crippen LogP contribution in [0.5, 0.6) is 0 Å². The minimum atomic E-state index is -1.01. The van der Waals surface area contributed by atoms with Gasteiger partial charge in [-0.05, 0) is 0 Å². The average Bonchev–Trinajstić information content (AvgIpc) is 2.11. The fourth-order valence-electron chi connectivity index (χ4n) is 0.385. The Balaban J connectivity index is 3.47. The summed E-state index contributed by atoms with van der Waals surface area (Å²) in [5.41, 5.74) is 10.5. The summed E-state index contributed by atoms with van der Waals surface area (Å²) in [7, 11) is 0. The Kier molecular flexibility index (Phi) is 7.17. The molecule has 0 heterocycles. The summed E-state index contributed by atoms with van der Waals surface area (Å²) in [6.07, 6.45) is 0. The van der Waals surface area contributed by atoms with Crippen molar-refractivity contribution >= 4 is 38.2 Å². The minimum absolute atomic E-state index is 0.109. The second-order valence-electron chi connectivity index (χ2n) is 2.46. The van der Waals surface area contributed by atoms with E-state index in [0.29, 0.717) is 10.6 Å². The van der Waals surface area contributed by atoms with Crippen molar-refractivity contribution < 1.29 is 19.8 Å². The molecule has 0 fully saturated rings. The molecule has 0 aliphatic heterocycles. The molecule has 0 rings (SSSR count). The molecule has 14 heavy (non-hydrogen) atoms. The second kappa shape index (κ2) is 7.22. The Hall–Kier alpha value is -0.101. The number of carbonyl (C=O) groups is 2. The van der Waals surface area contributed by atoms with Gasteiger partial charge in [0.1, 0.15) is 0 Å². The zero-order valence-electron chi connectivity index (χ0n) is 7.25. The number of hydrogen-bond donors (Lipinski definition) is 4. The molecule has 2 atom stereocenters. The van der Waals surface area contributed by atoms with Crippen molar-refractivity contribution in [1.82, 2.24) is 0 Å². The van der Waals surface area contributed by atoms with Crippen LogP contribution in [0.4, 0.5) is 0 Å². The first-order valence-electron chi connectivity index (χ1n) is 3.66. The molecule has 0 saturated carbocycles. The van der Waals surface area contributed by atoms with Crippen LogP contribution in [0.2, 0.25) is 10.6 Å². The van der Waals surface area contributed by atoms with Crippen LogP contribution in [-0.2, 0) is 9.59 Å². The molecule has 82 valence electrons. The Morgan fingerprint density at radius 3 is 2.14 bits per heavy atom. The van der Waals surface area contributed by atoms with E-state index >= 15 is 0 Å². The van der Waals surface area contributed by atoms with Crippen molar-refractivity contribution in [1.29, 1.82) is 0 Å². The Morgan fingerprint density at radius 2 is 1.71 bits per heavy atom. The van der Waals surface area contributed by atoms with E-state index < -0.39 is 24.0 Å². The number of nitrogens with two attached hydrogens (primary N) is 2. The first kappa shape index (κ1) is 13.9. The quantitative estimate of drug-likeness (QED) is 0.315. The van der Waals surface area contributed by atoms with Crippen molar-refractivity contribution in [2.45, 2.75) is 22.7 Å². The van der Waals surface area contributed by atoms with Crippen molar-refractivity contribution in [2.24, 2.45) is 11.5 Å². The third kappa shape index (κ3) is 6.37. The monoisotopic (exact) mass is 333 g/mol. The predicted molar refractivity (Wildman–Crippen MR) is 52.3 cm³/mol. The van der Waals surface area contributed by atoms with Crippen LogP contribution in [0.25, 0.3) is 0 Å². The molecule has 0 aliphatic carbocycles. The van der Waals surface area contributed by atoms with Gasteiger partial charge in [-0.15, -0.1) is 0 Å². The van der Waals surface area contributed by atoms with Crippen LogP contribution < -0.4 is 11.5 Å². The van der Waals surface area contributed by atoms with Gasteiger partial charge in [0.15, 0.2) is 0 Å². The Bertz CT molecular complexity index is 192. The van der Waals surface area contributed by atoms with Gasteiger partial charge in [0.05, 0.1) is 0 Å². The van der Waals surface area contributed by atoms with Gasteiger partial charge in [0.2, 0.25) is 0 Å². The van der Waals surface area contributed by atoms with E-state index in [2.05, 4.69) is 0 Å². The van der Waals surface area contributed by atoms with E-state index in [0.717, 1.165) is 0 Å². The molecule has 0 amide bonds. The first-order chi connectivity index (χ1) is 6.45. The van der Waals surface area contributed by atoms with E-state index in [1.807, 2.05) is 0 Å². The third-order valence-corrected chi connectivity index (χ3v) is 8.42. The van der Waals surface area contributed by atoms with Gasteiger partial charge in [-0.25, -0.2) is 0 Å². The van der Waals surface area contributed by atoms with Crippen LogP contribution >= 0.6 is 0 Å². The topological polar surface area (TPSA) is 127 Å². The number of aliphatic carboxylic acids is 2. The van der Waals surface area contributed by atoms with E-state index in [1.165, 1.54) is 0 Å². The number of hydrogen-bond acceptors (Lipinski definition) is 4. The summed E-state index contributed by atoms with van der Waals surface area (Å²) >= 11 is 0.218. The van der Waals surface area contributed by atoms with Gasteiger partial charge in [-0.1, -0.05) is 0 Å². The van der Waals surface area contributed by atoms with E-state index in [-0.39, 0.29) is 26.3 Å². The molecule has 0 bridgehead atoms. The van der Waals surface area contributed by atoms with Gasteiger partial charge in [-0.3, -0.25) is 0 Å². The summed E-state index contributed by atoms with van der Waals surface area (Å²) in [6.45, 7) is 0. The van der Waals surface area contributed by atoms with Crippen molar-refractivity contribution in [3.63, 3.8) is 0 Å². The maximum absolute atomic E-state index is 10.3. The molecular formula is C6H12N2O4Se2. The van der Waals surface area contributed by atoms with Crippen molar-refractivity contribution in [2.75, 3.05) is 0 Å². The third-order valence-electron chi connectivity index (χ3n) is 1.21. The first-order valence-corrected chi connectivity index (χ1v) is 10.4. The molecule has 8 heteroatoms. The molecule has 0 unspecified atom stereocenters. The van der Waals surface area contributed by atoms with E-state index in [9.17, 15) is 9.59 Å². The summed E-state index contributed by atoms with van der Waals surface area (Å²) in [5, 5.41) is 17.8. The van der Waals surface area contributed by atoms with Crippen LogP contribution in [0, 0.1) is 0 Å². The SMILES string of the molecule is N[C@@H](C[Se][77Se]C[C@H](N)C(=O)O)C(=O)O. The van der Waals surface area contributed by atoms with E-state index in [4.69, 9.17) is 21.7 Å². The van der Waals surface area contributed by atoms with Crippen LogP contribution in [0.3, 0.4) is 0 Å². The molecule has 0 radical (unpaired) electrons. The zero-order chi connectivity index (χ0) is 11.1. The zero-order valence-corrected chi connectivity index (χ0v) is 10.7. The molecular weight excluding hydrogens is 320 g/mol. The summed E-state index contributed by atoms with van der Waals surface area (Å²) in [6, 6.07) is -1.64. The predicted octanol–water partition coefficient (Wildman–Crippen LogP) is -2.03. The Labute approximate surface area is 92.3 Å². The van der Waals surface area contributed by atoms with Crippen LogP contribution in [0.1, 0.15) is 0 Å². The number of rotatable bonds is 7. The molecule has 0 aromatic carbocycles. The number of carboxylic acid groups (broad SMARTS) is 2.